The Balaban J connectivity index is 3.01. The summed E-state index contributed by atoms with van der Waals surface area (Å²) < 4.78 is 69.7. The third-order valence-electron chi connectivity index (χ3n) is 4.73. The molecule has 13 nitrogen and oxygen atoms in total. The van der Waals surface area contributed by atoms with Crippen molar-refractivity contribution in [2.45, 2.75) is 6.92 Å². The highest BCUT2D eigenvalue weighted by Crippen LogP contribution is 1.87. The maximum atomic E-state index is 5.46. The number of rotatable bonds is 37. The number of hydrogen-bond acceptors (Lipinski definition) is 13. The summed E-state index contributed by atoms with van der Waals surface area (Å²) in [6.07, 6.45) is 0. The van der Waals surface area contributed by atoms with Crippen LogP contribution in [0.15, 0.2) is 0 Å². The molecule has 0 N–H and O–H groups in total. The van der Waals surface area contributed by atoms with Gasteiger partial charge in [-0.25, -0.2) is 0 Å². The van der Waals surface area contributed by atoms with Gasteiger partial charge in [-0.3, -0.25) is 0 Å². The SMILES string of the molecule is CCOCCOCCOCCOCCOCCOCCOCCOCCOCCOCCOCCOCCOC. The van der Waals surface area contributed by atoms with Gasteiger partial charge in [0, 0.05) is 13.7 Å². The predicted molar refractivity (Wildman–Crippen MR) is 147 cm³/mol. The average molecular weight is 589 g/mol. The highest BCUT2D eigenvalue weighted by molar-refractivity contribution is 4.39. The molecule has 0 atom stereocenters. The molecule has 0 unspecified atom stereocenters. The van der Waals surface area contributed by atoms with E-state index in [0.29, 0.717) is 165 Å². The minimum atomic E-state index is 0.516. The van der Waals surface area contributed by atoms with Crippen molar-refractivity contribution in [3.63, 3.8) is 0 Å². The molecule has 0 aromatic rings. The molecule has 0 bridgehead atoms. The maximum absolute atomic E-state index is 5.46. The van der Waals surface area contributed by atoms with Crippen molar-refractivity contribution >= 4 is 0 Å². The first-order valence-corrected chi connectivity index (χ1v) is 14.3. The molecule has 0 heterocycles. The van der Waals surface area contributed by atoms with Crippen LogP contribution in [0.25, 0.3) is 0 Å². The van der Waals surface area contributed by atoms with Crippen molar-refractivity contribution < 1.29 is 61.6 Å². The number of hydrogen-bond donors (Lipinski definition) is 0. The molecular formula is C27H56O13. The van der Waals surface area contributed by atoms with Gasteiger partial charge in [-0.2, -0.15) is 0 Å². The molecule has 40 heavy (non-hydrogen) atoms. The summed E-state index contributed by atoms with van der Waals surface area (Å²) in [7, 11) is 1.65. The van der Waals surface area contributed by atoms with Gasteiger partial charge in [-0.05, 0) is 6.92 Å². The van der Waals surface area contributed by atoms with Crippen molar-refractivity contribution in [1.29, 1.82) is 0 Å². The van der Waals surface area contributed by atoms with Crippen LogP contribution in [-0.4, -0.2) is 172 Å². The molecule has 242 valence electrons. The second-order valence-electron chi connectivity index (χ2n) is 7.93. The van der Waals surface area contributed by atoms with Crippen LogP contribution in [0.2, 0.25) is 0 Å². The summed E-state index contributed by atoms with van der Waals surface area (Å²) >= 11 is 0. The van der Waals surface area contributed by atoms with E-state index in [1.54, 1.807) is 7.11 Å². The smallest absolute Gasteiger partial charge is 0.0701 e. The molecule has 0 saturated carbocycles. The molecule has 13 heteroatoms. The van der Waals surface area contributed by atoms with E-state index in [1.165, 1.54) is 0 Å². The van der Waals surface area contributed by atoms with Gasteiger partial charge in [0.1, 0.15) is 0 Å². The van der Waals surface area contributed by atoms with Gasteiger partial charge in [-0.15, -0.1) is 0 Å². The van der Waals surface area contributed by atoms with Crippen LogP contribution in [0.3, 0.4) is 0 Å². The molecule has 0 aliphatic carbocycles. The Kier molecular flexibility index (Phi) is 38.0. The van der Waals surface area contributed by atoms with E-state index in [0.717, 1.165) is 0 Å². The van der Waals surface area contributed by atoms with Gasteiger partial charge in [0.2, 0.25) is 0 Å². The van der Waals surface area contributed by atoms with Gasteiger partial charge in [0.05, 0.1) is 159 Å². The lowest BCUT2D eigenvalue weighted by atomic mass is 10.6. The monoisotopic (exact) mass is 588 g/mol. The molecule has 0 amide bonds. The standard InChI is InChI=1S/C27H56O13/c1-3-29-6-7-31-10-11-33-14-15-35-18-19-37-22-23-39-26-27-40-25-24-38-21-20-36-17-16-34-13-12-32-9-8-30-5-4-28-2/h3-27H2,1-2H3. The summed E-state index contributed by atoms with van der Waals surface area (Å²) in [6, 6.07) is 0. The van der Waals surface area contributed by atoms with Crippen molar-refractivity contribution in [1.82, 2.24) is 0 Å². The van der Waals surface area contributed by atoms with Crippen molar-refractivity contribution in [3.05, 3.63) is 0 Å². The van der Waals surface area contributed by atoms with E-state index in [2.05, 4.69) is 0 Å². The largest absolute Gasteiger partial charge is 0.382 e. The zero-order chi connectivity index (χ0) is 28.9. The number of methoxy groups -OCH3 is 1. The fraction of sp³-hybridized carbons (Fsp3) is 1.00. The van der Waals surface area contributed by atoms with Gasteiger partial charge in [0.15, 0.2) is 0 Å². The van der Waals surface area contributed by atoms with Crippen LogP contribution in [-0.2, 0) is 61.6 Å². The molecule has 0 aromatic heterocycles. The Bertz CT molecular complexity index is 397. The summed E-state index contributed by atoms with van der Waals surface area (Å²) in [5.41, 5.74) is 0. The van der Waals surface area contributed by atoms with Crippen LogP contribution in [0.4, 0.5) is 0 Å². The Morgan fingerprint density at radius 3 is 0.525 bits per heavy atom. The zero-order valence-electron chi connectivity index (χ0n) is 25.0. The first kappa shape index (κ1) is 39.5. The normalized spacial score (nSPS) is 11.6. The van der Waals surface area contributed by atoms with Crippen molar-refractivity contribution in [3.8, 4) is 0 Å². The van der Waals surface area contributed by atoms with E-state index < -0.39 is 0 Å². The second kappa shape index (κ2) is 38.5. The Morgan fingerprint density at radius 2 is 0.375 bits per heavy atom. The van der Waals surface area contributed by atoms with Crippen molar-refractivity contribution in [2.24, 2.45) is 0 Å². The lowest BCUT2D eigenvalue weighted by Gasteiger charge is -2.09. The highest BCUT2D eigenvalue weighted by atomic mass is 16.6. The number of ether oxygens (including phenoxy) is 13. The molecule has 0 saturated heterocycles. The Labute approximate surface area is 241 Å². The summed E-state index contributed by atoms with van der Waals surface area (Å²) in [5.74, 6) is 0. The highest BCUT2D eigenvalue weighted by Gasteiger charge is 1.96. The quantitative estimate of drug-likeness (QED) is 0.0955. The first-order valence-electron chi connectivity index (χ1n) is 14.3. The topological polar surface area (TPSA) is 120 Å². The molecule has 0 fully saturated rings. The molecular weight excluding hydrogens is 532 g/mol. The van der Waals surface area contributed by atoms with Crippen LogP contribution in [0, 0.1) is 0 Å². The van der Waals surface area contributed by atoms with Gasteiger partial charge < -0.3 is 61.6 Å². The lowest BCUT2D eigenvalue weighted by Crippen LogP contribution is -2.15. The molecule has 0 aromatic carbocycles. The maximum Gasteiger partial charge on any atom is 0.0701 e. The van der Waals surface area contributed by atoms with Crippen molar-refractivity contribution in [2.75, 3.05) is 172 Å². The van der Waals surface area contributed by atoms with Gasteiger partial charge in [-0.1, -0.05) is 0 Å². The molecule has 0 rings (SSSR count). The molecule has 0 aliphatic rings. The fourth-order valence-electron chi connectivity index (χ4n) is 2.71. The third-order valence-corrected chi connectivity index (χ3v) is 4.73. The molecule has 0 aliphatic heterocycles. The average Bonchev–Trinajstić information content (AvgIpc) is 2.97. The summed E-state index contributed by atoms with van der Waals surface area (Å²) in [4.78, 5) is 0. The fourth-order valence-corrected chi connectivity index (χ4v) is 2.71. The summed E-state index contributed by atoms with van der Waals surface area (Å²) in [5, 5.41) is 0. The van der Waals surface area contributed by atoms with Crippen LogP contribution >= 0.6 is 0 Å². The first-order chi connectivity index (χ1) is 19.9. The van der Waals surface area contributed by atoms with E-state index in [4.69, 9.17) is 61.6 Å². The van der Waals surface area contributed by atoms with Gasteiger partial charge in [0.25, 0.3) is 0 Å². The minimum Gasteiger partial charge on any atom is -0.382 e. The Hall–Kier alpha value is -0.520. The van der Waals surface area contributed by atoms with E-state index in [1.807, 2.05) is 6.92 Å². The molecule has 0 spiro atoms. The minimum absolute atomic E-state index is 0.516. The van der Waals surface area contributed by atoms with Crippen LogP contribution < -0.4 is 0 Å². The van der Waals surface area contributed by atoms with Crippen LogP contribution in [0.1, 0.15) is 6.92 Å². The molecule has 0 radical (unpaired) electrons. The van der Waals surface area contributed by atoms with E-state index >= 15 is 0 Å². The predicted octanol–water partition coefficient (Wildman–Crippen LogP) is 0.852. The van der Waals surface area contributed by atoms with E-state index in [9.17, 15) is 0 Å². The summed E-state index contributed by atoms with van der Waals surface area (Å²) in [6.45, 7) is 15.7. The van der Waals surface area contributed by atoms with Gasteiger partial charge >= 0.3 is 0 Å². The Morgan fingerprint density at radius 1 is 0.225 bits per heavy atom. The zero-order valence-corrected chi connectivity index (χ0v) is 25.0. The van der Waals surface area contributed by atoms with E-state index in [-0.39, 0.29) is 0 Å². The third kappa shape index (κ3) is 37.5. The lowest BCUT2D eigenvalue weighted by molar-refractivity contribution is -0.0286. The van der Waals surface area contributed by atoms with Crippen LogP contribution in [0.5, 0.6) is 0 Å². The second-order valence-corrected chi connectivity index (χ2v) is 7.93.